The number of benzene rings is 4. The molecule has 0 N–H and O–H groups in total. The van der Waals surface area contributed by atoms with Crippen molar-refractivity contribution < 1.29 is 45.1 Å². The van der Waals surface area contributed by atoms with Gasteiger partial charge in [0.05, 0.1) is 0 Å². The van der Waals surface area contributed by atoms with Gasteiger partial charge in [-0.25, -0.2) is 0 Å². The van der Waals surface area contributed by atoms with Gasteiger partial charge in [-0.05, 0) is 0 Å². The molecule has 2 aliphatic carbocycles. The van der Waals surface area contributed by atoms with Gasteiger partial charge in [0.1, 0.15) is 0 Å². The van der Waals surface area contributed by atoms with Crippen LogP contribution in [0.4, 0.5) is 0 Å². The van der Waals surface area contributed by atoms with Gasteiger partial charge in [-0.1, -0.05) is 0 Å². The van der Waals surface area contributed by atoms with Crippen LogP contribution in [0, 0.1) is 11.8 Å². The number of hydrogen-bond acceptors (Lipinski definition) is 0. The van der Waals surface area contributed by atoms with Crippen molar-refractivity contribution in [3.05, 3.63) is 130 Å². The number of fused-ring (bicyclic) bond motifs is 2. The third kappa shape index (κ3) is 4.95. The average Bonchev–Trinajstić information content (AvgIpc) is 3.54. The Hall–Kier alpha value is -2.18. The first-order valence-electron chi connectivity index (χ1n) is 15.3. The van der Waals surface area contributed by atoms with Crippen LogP contribution in [0.25, 0.3) is 34.4 Å². The Labute approximate surface area is 269 Å². The molecule has 1 aliphatic heterocycles. The summed E-state index contributed by atoms with van der Waals surface area (Å²) < 4.78 is 4.34. The van der Waals surface area contributed by atoms with Gasteiger partial charge in [-0.15, -0.1) is 0 Å². The predicted octanol–water partition coefficient (Wildman–Crippen LogP) is 5.31. The number of rotatable bonds is 6. The fourth-order valence-corrected chi connectivity index (χ4v) is 24.3. The van der Waals surface area contributed by atoms with Gasteiger partial charge in [0, 0.05) is 0 Å². The van der Waals surface area contributed by atoms with E-state index >= 15 is 0 Å². The summed E-state index contributed by atoms with van der Waals surface area (Å²) in [6.45, 7) is 9.78. The van der Waals surface area contributed by atoms with Crippen molar-refractivity contribution >= 4 is 12.2 Å². The molecule has 0 nitrogen and oxygen atoms in total. The first-order chi connectivity index (χ1) is 19.5. The normalized spacial score (nSPS) is 18.9. The van der Waals surface area contributed by atoms with Crippen LogP contribution in [0.1, 0.15) is 63.6 Å². The third-order valence-electron chi connectivity index (χ3n) is 10.1. The Morgan fingerprint density at radius 2 is 0.929 bits per heavy atom. The molecule has 0 saturated carbocycles. The smallest absolute Gasteiger partial charge is 1.00 e. The molecule has 0 amide bonds. The zero-order valence-corrected chi connectivity index (χ0v) is 29.0. The zero-order valence-electron chi connectivity index (χ0n) is 25.1. The molecule has 7 rings (SSSR count). The Balaban J connectivity index is 0.00000176. The van der Waals surface area contributed by atoms with Gasteiger partial charge in [-0.2, -0.15) is 0 Å². The summed E-state index contributed by atoms with van der Waals surface area (Å²) >= 11 is -2.86. The molecule has 0 radical (unpaired) electrons. The molecule has 42 heavy (non-hydrogen) atoms. The van der Waals surface area contributed by atoms with Crippen molar-refractivity contribution in [2.24, 2.45) is 11.8 Å². The zero-order chi connectivity index (χ0) is 27.4. The van der Waals surface area contributed by atoms with Gasteiger partial charge in [0.15, 0.2) is 0 Å². The van der Waals surface area contributed by atoms with E-state index in [-0.39, 0.29) is 24.8 Å². The molecule has 214 valence electrons. The summed E-state index contributed by atoms with van der Waals surface area (Å²) in [5, 5.41) is 0. The van der Waals surface area contributed by atoms with Crippen molar-refractivity contribution in [2.45, 2.75) is 49.6 Å². The van der Waals surface area contributed by atoms with Gasteiger partial charge in [0.2, 0.25) is 0 Å². The van der Waals surface area contributed by atoms with Gasteiger partial charge < -0.3 is 24.8 Å². The summed E-state index contributed by atoms with van der Waals surface area (Å²) in [6.07, 6.45) is 6.69. The van der Waals surface area contributed by atoms with Gasteiger partial charge >= 0.3 is 247 Å². The molecule has 0 bridgehead atoms. The molecule has 3 aliphatic rings. The van der Waals surface area contributed by atoms with Crippen LogP contribution < -0.4 is 24.8 Å². The van der Waals surface area contributed by atoms with Crippen molar-refractivity contribution in [1.29, 1.82) is 0 Å². The maximum Gasteiger partial charge on any atom is -1.00 e. The number of allylic oxidation sites excluding steroid dienone is 2. The quantitative estimate of drug-likeness (QED) is 0.261. The van der Waals surface area contributed by atoms with E-state index < -0.39 is 20.3 Å². The van der Waals surface area contributed by atoms with E-state index in [1.165, 1.54) is 48.1 Å². The van der Waals surface area contributed by atoms with Crippen LogP contribution >= 0.6 is 0 Å². The van der Waals surface area contributed by atoms with E-state index in [0.717, 1.165) is 0 Å². The standard InChI is InChI=1S/2C18H17.C3H6.2ClH.Zr/c2*1-13(2)16-11-15-9-6-10-17(18(15)12-16)14-7-4-3-5-8-14;1-3-2;;;/h2*3-13H,1-2H3;1-3H2;2*1H;/q;;;;;+2/p-2. The maximum atomic E-state index is 2.64. The fourth-order valence-electron chi connectivity index (χ4n) is 8.20. The first kappa shape index (κ1) is 31.3. The molecule has 3 heteroatoms. The van der Waals surface area contributed by atoms with Crippen molar-refractivity contribution in [3.8, 4) is 22.3 Å². The molecular formula is C39H40Cl2Zr. The molecule has 2 unspecified atom stereocenters. The van der Waals surface area contributed by atoms with Crippen LogP contribution in [0.5, 0.6) is 0 Å². The topological polar surface area (TPSA) is 0 Å². The summed E-state index contributed by atoms with van der Waals surface area (Å²) in [4.78, 5) is 0. The Morgan fingerprint density at radius 3 is 1.26 bits per heavy atom. The molecular weight excluding hydrogens is 631 g/mol. The van der Waals surface area contributed by atoms with Gasteiger partial charge in [-0.3, -0.25) is 0 Å². The van der Waals surface area contributed by atoms with E-state index in [9.17, 15) is 0 Å². The van der Waals surface area contributed by atoms with Crippen molar-refractivity contribution in [1.82, 2.24) is 0 Å². The summed E-state index contributed by atoms with van der Waals surface area (Å²) in [6, 6.07) is 36.5. The van der Waals surface area contributed by atoms with Crippen LogP contribution in [-0.2, 0) is 20.3 Å². The number of halogens is 2. The second-order valence-electron chi connectivity index (χ2n) is 12.9. The van der Waals surface area contributed by atoms with E-state index in [1.54, 1.807) is 22.3 Å². The Bertz CT molecular complexity index is 1510. The molecule has 2 atom stereocenters. The second-order valence-corrected chi connectivity index (χ2v) is 24.3. The molecule has 4 aromatic carbocycles. The van der Waals surface area contributed by atoms with Crippen molar-refractivity contribution in [2.75, 3.05) is 0 Å². The molecule has 0 spiro atoms. The molecule has 4 aromatic rings. The minimum absolute atomic E-state index is 0. The van der Waals surface area contributed by atoms with E-state index in [1.807, 2.05) is 0 Å². The Kier molecular flexibility index (Phi) is 9.26. The summed E-state index contributed by atoms with van der Waals surface area (Å²) in [5.41, 5.74) is 15.3. The van der Waals surface area contributed by atoms with Gasteiger partial charge in [0.25, 0.3) is 0 Å². The summed E-state index contributed by atoms with van der Waals surface area (Å²) in [7, 11) is 0. The second kappa shape index (κ2) is 12.4. The Morgan fingerprint density at radius 1 is 0.524 bits per heavy atom. The van der Waals surface area contributed by atoms with Crippen LogP contribution in [0.15, 0.2) is 108 Å². The largest absolute Gasteiger partial charge is 1.00 e. The monoisotopic (exact) mass is 668 g/mol. The molecule has 1 fully saturated rings. The van der Waals surface area contributed by atoms with E-state index in [2.05, 4.69) is 137 Å². The average molecular weight is 671 g/mol. The maximum absolute atomic E-state index is 2.86. The first-order valence-corrected chi connectivity index (χ1v) is 21.6. The van der Waals surface area contributed by atoms with E-state index in [4.69, 9.17) is 0 Å². The molecule has 1 saturated heterocycles. The van der Waals surface area contributed by atoms with E-state index in [0.29, 0.717) is 19.1 Å². The SMILES string of the molecule is CC(C)C1=Cc2c(-c3ccccc3)cccc2[CH]1[Zr+2]1([CH]2C(C(C)C)=Cc3c(-c4ccccc4)cccc32)[CH2]C[CH2]1.[Cl-].[Cl-]. The van der Waals surface area contributed by atoms with Crippen LogP contribution in [-0.4, -0.2) is 0 Å². The summed E-state index contributed by atoms with van der Waals surface area (Å²) in [5.74, 6) is 1.14. The molecule has 1 heterocycles. The minimum Gasteiger partial charge on any atom is -1.00 e. The van der Waals surface area contributed by atoms with Crippen molar-refractivity contribution in [3.63, 3.8) is 0 Å². The van der Waals surface area contributed by atoms with Crippen LogP contribution in [0.3, 0.4) is 0 Å². The fraction of sp³-hybridized carbons (Fsp3) is 0.282. The van der Waals surface area contributed by atoms with Crippen LogP contribution in [0.2, 0.25) is 8.26 Å². The molecule has 0 aromatic heterocycles. The predicted molar refractivity (Wildman–Crippen MR) is 169 cm³/mol. The third-order valence-corrected chi connectivity index (χ3v) is 25.3. The number of hydrogen-bond donors (Lipinski definition) is 0. The minimum atomic E-state index is -2.86.